The third kappa shape index (κ3) is 6.45. The number of amides is 1. The quantitative estimate of drug-likeness (QED) is 0.349. The summed E-state index contributed by atoms with van der Waals surface area (Å²) >= 11 is 0. The number of likely N-dealkylation sites (tertiary alicyclic amines) is 1. The van der Waals surface area contributed by atoms with Crippen molar-refractivity contribution in [3.8, 4) is 0 Å². The number of rotatable bonds is 9. The molecule has 2 aromatic rings. The monoisotopic (exact) mass is 522 g/mol. The third-order valence-corrected chi connectivity index (χ3v) is 8.20. The molecule has 1 spiro atoms. The third-order valence-electron chi connectivity index (χ3n) is 8.20. The highest BCUT2D eigenvalue weighted by atomic mass is 16.5. The van der Waals surface area contributed by atoms with E-state index in [9.17, 15) is 4.79 Å². The highest BCUT2D eigenvalue weighted by molar-refractivity contribution is 5.95. The van der Waals surface area contributed by atoms with E-state index >= 15 is 0 Å². The molecule has 0 saturated carbocycles. The van der Waals surface area contributed by atoms with Crippen LogP contribution in [0.3, 0.4) is 0 Å². The lowest BCUT2D eigenvalue weighted by Gasteiger charge is -2.44. The smallest absolute Gasteiger partial charge is 0.253 e. The van der Waals surface area contributed by atoms with Crippen LogP contribution >= 0.6 is 0 Å². The van der Waals surface area contributed by atoms with Gasteiger partial charge in [-0.3, -0.25) is 4.79 Å². The molecule has 0 aromatic heterocycles. The predicted octanol–water partition coefficient (Wildman–Crippen LogP) is 7.21. The van der Waals surface area contributed by atoms with Gasteiger partial charge in [-0.25, -0.2) is 0 Å². The van der Waals surface area contributed by atoms with Crippen LogP contribution in [0.25, 0.3) is 5.57 Å². The molecule has 0 radical (unpaired) electrons. The van der Waals surface area contributed by atoms with Gasteiger partial charge >= 0.3 is 0 Å². The Labute approximate surface area is 234 Å². The number of allylic oxidation sites excluding steroid dienone is 5. The van der Waals surface area contributed by atoms with Crippen LogP contribution in [0.15, 0.2) is 96.3 Å². The number of benzene rings is 2. The van der Waals surface area contributed by atoms with Crippen LogP contribution in [0, 0.1) is 0 Å². The summed E-state index contributed by atoms with van der Waals surface area (Å²) in [6.45, 7) is 8.89. The summed E-state index contributed by atoms with van der Waals surface area (Å²) in [5, 5.41) is 0. The van der Waals surface area contributed by atoms with E-state index in [1.165, 1.54) is 17.6 Å². The minimum atomic E-state index is -0.284. The maximum Gasteiger partial charge on any atom is 0.253 e. The highest BCUT2D eigenvalue weighted by Crippen LogP contribution is 2.44. The SMILES string of the molecule is CCCN(CC)C(=O)c1ccc(C2=CC3(CCN(CCCc4ccccc4)CC3)OC3=CCC=CC=C32)cc1. The maximum absolute atomic E-state index is 13.0. The van der Waals surface area contributed by atoms with Gasteiger partial charge in [-0.1, -0.05) is 67.6 Å². The first-order valence-electron chi connectivity index (χ1n) is 14.8. The molecule has 5 rings (SSSR count). The van der Waals surface area contributed by atoms with Crippen molar-refractivity contribution in [2.75, 3.05) is 32.7 Å². The van der Waals surface area contributed by atoms with Crippen molar-refractivity contribution in [3.63, 3.8) is 0 Å². The van der Waals surface area contributed by atoms with Gasteiger partial charge < -0.3 is 14.5 Å². The van der Waals surface area contributed by atoms with E-state index in [4.69, 9.17) is 4.74 Å². The lowest BCUT2D eigenvalue weighted by atomic mass is 9.82. The van der Waals surface area contributed by atoms with Gasteiger partial charge in [-0.15, -0.1) is 0 Å². The van der Waals surface area contributed by atoms with Crippen LogP contribution < -0.4 is 0 Å². The average molecular weight is 523 g/mol. The molecule has 1 aliphatic carbocycles. The van der Waals surface area contributed by atoms with Crippen LogP contribution in [0.5, 0.6) is 0 Å². The first-order valence-corrected chi connectivity index (χ1v) is 14.8. The molecule has 2 aliphatic heterocycles. The molecule has 0 bridgehead atoms. The van der Waals surface area contributed by atoms with E-state index in [1.54, 1.807) is 0 Å². The van der Waals surface area contributed by atoms with Gasteiger partial charge in [-0.05, 0) is 80.1 Å². The zero-order valence-electron chi connectivity index (χ0n) is 23.6. The first kappa shape index (κ1) is 27.2. The Balaban J connectivity index is 1.32. The molecular formula is C35H42N2O2. The molecule has 2 heterocycles. The molecule has 0 unspecified atom stereocenters. The van der Waals surface area contributed by atoms with E-state index in [-0.39, 0.29) is 11.5 Å². The van der Waals surface area contributed by atoms with Crippen molar-refractivity contribution in [1.82, 2.24) is 9.80 Å². The van der Waals surface area contributed by atoms with E-state index < -0.39 is 0 Å². The summed E-state index contributed by atoms with van der Waals surface area (Å²) in [6.07, 6.45) is 17.2. The Bertz CT molecular complexity index is 1250. The number of aryl methyl sites for hydroxylation is 1. The molecule has 2 aromatic carbocycles. The van der Waals surface area contributed by atoms with Gasteiger partial charge in [0.05, 0.1) is 0 Å². The van der Waals surface area contributed by atoms with Crippen molar-refractivity contribution < 1.29 is 9.53 Å². The van der Waals surface area contributed by atoms with Crippen LogP contribution in [0.2, 0.25) is 0 Å². The maximum atomic E-state index is 13.0. The second-order valence-electron chi connectivity index (χ2n) is 10.9. The van der Waals surface area contributed by atoms with Crippen LogP contribution in [0.1, 0.15) is 67.4 Å². The zero-order chi connectivity index (χ0) is 27.1. The molecule has 0 atom stereocenters. The van der Waals surface area contributed by atoms with Gasteiger partial charge in [0.1, 0.15) is 11.4 Å². The van der Waals surface area contributed by atoms with Crippen molar-refractivity contribution in [2.24, 2.45) is 0 Å². The Hall–Kier alpha value is -3.37. The molecule has 1 fully saturated rings. The molecular weight excluding hydrogens is 480 g/mol. The standard InChI is InChI=1S/C35H42N2O2/c1-3-23-37(4-2)34(38)30-19-17-29(18-20-30)32-27-35(39-33-16-10-6-9-15-31(32)33)21-25-36(26-22-35)24-11-14-28-12-7-5-8-13-28/h5-9,12-13,15-20,27H,3-4,10-11,14,21-26H2,1-2H3. The number of hydrogen-bond acceptors (Lipinski definition) is 3. The van der Waals surface area contributed by atoms with E-state index in [1.807, 2.05) is 24.0 Å². The van der Waals surface area contributed by atoms with Gasteiger partial charge in [0, 0.05) is 50.2 Å². The summed E-state index contributed by atoms with van der Waals surface area (Å²) in [5.41, 5.74) is 5.39. The Morgan fingerprint density at radius 2 is 1.77 bits per heavy atom. The Morgan fingerprint density at radius 3 is 2.49 bits per heavy atom. The normalized spacial score (nSPS) is 18.4. The summed E-state index contributed by atoms with van der Waals surface area (Å²) < 4.78 is 6.80. The fraction of sp³-hybridized carbons (Fsp3) is 0.400. The van der Waals surface area contributed by atoms with Gasteiger partial charge in [0.15, 0.2) is 0 Å². The second kappa shape index (κ2) is 12.7. The van der Waals surface area contributed by atoms with Crippen molar-refractivity contribution in [3.05, 3.63) is 113 Å². The van der Waals surface area contributed by atoms with Crippen molar-refractivity contribution in [2.45, 2.75) is 58.0 Å². The number of piperidine rings is 1. The molecule has 4 nitrogen and oxygen atoms in total. The molecule has 0 N–H and O–H groups in total. The summed E-state index contributed by atoms with van der Waals surface area (Å²) in [6, 6.07) is 19.0. The van der Waals surface area contributed by atoms with Crippen molar-refractivity contribution >= 4 is 11.5 Å². The highest BCUT2D eigenvalue weighted by Gasteiger charge is 2.40. The number of nitrogens with zero attached hydrogens (tertiary/aromatic N) is 2. The number of fused-ring (bicyclic) bond motifs is 1. The average Bonchev–Trinajstić information content (AvgIpc) is 3.22. The van der Waals surface area contributed by atoms with E-state index in [2.05, 4.69) is 84.7 Å². The molecule has 1 amide bonds. The molecule has 204 valence electrons. The van der Waals surface area contributed by atoms with Crippen LogP contribution in [-0.2, 0) is 11.2 Å². The van der Waals surface area contributed by atoms with Gasteiger partial charge in [-0.2, -0.15) is 0 Å². The number of carbonyl (C=O) groups is 1. The van der Waals surface area contributed by atoms with E-state index in [0.717, 1.165) is 87.3 Å². The van der Waals surface area contributed by atoms with Gasteiger partial charge in [0.25, 0.3) is 5.91 Å². The predicted molar refractivity (Wildman–Crippen MR) is 160 cm³/mol. The molecule has 3 aliphatic rings. The van der Waals surface area contributed by atoms with Crippen LogP contribution in [0.4, 0.5) is 0 Å². The number of ether oxygens (including phenoxy) is 1. The number of hydrogen-bond donors (Lipinski definition) is 0. The summed E-state index contributed by atoms with van der Waals surface area (Å²) in [4.78, 5) is 17.5. The second-order valence-corrected chi connectivity index (χ2v) is 10.9. The summed E-state index contributed by atoms with van der Waals surface area (Å²) in [5.74, 6) is 1.11. The lowest BCUT2D eigenvalue weighted by Crippen LogP contribution is -2.46. The zero-order valence-corrected chi connectivity index (χ0v) is 23.6. The molecule has 1 saturated heterocycles. The lowest BCUT2D eigenvalue weighted by molar-refractivity contribution is -0.00977. The topological polar surface area (TPSA) is 32.8 Å². The number of carbonyl (C=O) groups excluding carboxylic acids is 1. The van der Waals surface area contributed by atoms with Crippen molar-refractivity contribution in [1.29, 1.82) is 0 Å². The minimum absolute atomic E-state index is 0.111. The summed E-state index contributed by atoms with van der Waals surface area (Å²) in [7, 11) is 0. The molecule has 4 heteroatoms. The van der Waals surface area contributed by atoms with Crippen LogP contribution in [-0.4, -0.2) is 54.0 Å². The Kier molecular flexibility index (Phi) is 8.83. The van der Waals surface area contributed by atoms with E-state index in [0.29, 0.717) is 0 Å². The first-order chi connectivity index (χ1) is 19.1. The molecule has 39 heavy (non-hydrogen) atoms. The minimum Gasteiger partial charge on any atom is -0.483 e. The fourth-order valence-electron chi connectivity index (χ4n) is 5.96. The fourth-order valence-corrected chi connectivity index (χ4v) is 5.96. The van der Waals surface area contributed by atoms with Gasteiger partial charge in [0.2, 0.25) is 0 Å². The Morgan fingerprint density at radius 1 is 1.00 bits per heavy atom. The largest absolute Gasteiger partial charge is 0.483 e.